The van der Waals surface area contributed by atoms with Crippen molar-refractivity contribution in [3.05, 3.63) is 85.1 Å². The summed E-state index contributed by atoms with van der Waals surface area (Å²) in [4.78, 5) is 22.6. The van der Waals surface area contributed by atoms with Crippen LogP contribution in [0.25, 0.3) is 0 Å². The number of aliphatic hydroxyl groups excluding tert-OH is 1. The SMILES string of the molecule is CC/C=C\C/C=C\C/C=C\C/C=C\C/C=C\CCCC(=O)NC(COP(=O)(O)OCCN)C(O)/C=C/CC/C=C/CCCCCCCCC. The molecule has 0 aromatic rings. The summed E-state index contributed by atoms with van der Waals surface area (Å²) in [6, 6.07) is -0.910. The first kappa shape index (κ1) is 46.7. The fourth-order valence-corrected chi connectivity index (χ4v) is 5.41. The fraction of sp³-hybridized carbons (Fsp3) is 0.625. The summed E-state index contributed by atoms with van der Waals surface area (Å²) in [6.07, 6.45) is 46.4. The summed E-state index contributed by atoms with van der Waals surface area (Å²) < 4.78 is 22.0. The second-order valence-electron chi connectivity index (χ2n) is 12.0. The van der Waals surface area contributed by atoms with E-state index >= 15 is 0 Å². The molecule has 9 heteroatoms. The number of hydrogen-bond acceptors (Lipinski definition) is 6. The van der Waals surface area contributed by atoms with Crippen LogP contribution in [0.3, 0.4) is 0 Å². The lowest BCUT2D eigenvalue weighted by atomic mass is 10.1. The van der Waals surface area contributed by atoms with Crippen molar-refractivity contribution in [2.75, 3.05) is 19.8 Å². The van der Waals surface area contributed by atoms with Crippen molar-refractivity contribution >= 4 is 13.7 Å². The number of phosphoric acid groups is 1. The van der Waals surface area contributed by atoms with Crippen LogP contribution >= 0.6 is 7.82 Å². The summed E-state index contributed by atoms with van der Waals surface area (Å²) >= 11 is 0. The number of phosphoric ester groups is 1. The Morgan fingerprint density at radius 1 is 0.694 bits per heavy atom. The Morgan fingerprint density at radius 3 is 1.82 bits per heavy atom. The topological polar surface area (TPSA) is 131 Å². The van der Waals surface area contributed by atoms with E-state index in [4.69, 9.17) is 14.8 Å². The van der Waals surface area contributed by atoms with Gasteiger partial charge in [-0.25, -0.2) is 4.57 Å². The highest BCUT2D eigenvalue weighted by molar-refractivity contribution is 7.47. The molecule has 0 fully saturated rings. The zero-order valence-electron chi connectivity index (χ0n) is 30.6. The fourth-order valence-electron chi connectivity index (χ4n) is 4.65. The largest absolute Gasteiger partial charge is 0.472 e. The quantitative estimate of drug-likeness (QED) is 0.0304. The monoisotopic (exact) mass is 704 g/mol. The summed E-state index contributed by atoms with van der Waals surface area (Å²) in [7, 11) is -4.36. The van der Waals surface area contributed by atoms with Crippen LogP contribution in [0.1, 0.15) is 129 Å². The molecule has 0 saturated heterocycles. The highest BCUT2D eigenvalue weighted by Crippen LogP contribution is 2.43. The Hall–Kier alpha value is -2.32. The molecule has 3 unspecified atom stereocenters. The van der Waals surface area contributed by atoms with Gasteiger partial charge in [0.2, 0.25) is 5.91 Å². The van der Waals surface area contributed by atoms with Crippen molar-refractivity contribution < 1.29 is 28.4 Å². The van der Waals surface area contributed by atoms with E-state index in [1.54, 1.807) is 6.08 Å². The number of aliphatic hydroxyl groups is 1. The number of carbonyl (C=O) groups is 1. The number of nitrogens with one attached hydrogen (secondary N) is 1. The van der Waals surface area contributed by atoms with E-state index in [2.05, 4.69) is 92.1 Å². The van der Waals surface area contributed by atoms with Crippen LogP contribution in [0.15, 0.2) is 85.1 Å². The molecule has 0 aromatic carbocycles. The third kappa shape index (κ3) is 33.9. The lowest BCUT2D eigenvalue weighted by Gasteiger charge is -2.23. The Balaban J connectivity index is 4.51. The standard InChI is InChI=1S/C40H69N2O6P/c1-3-5-7-9-11-13-15-17-18-19-20-22-24-26-28-30-32-34-40(44)42-38(37-48-49(45,46)47-36-35-41)39(43)33-31-29-27-25-23-21-16-14-12-10-8-6-4-2/h5,7,11,13,17-18,20,22-23,25-26,28,31,33,38-39,43H,3-4,6,8-10,12,14-16,19,21,24,27,29-30,32,34-37,41H2,1-2H3,(H,42,44)(H,45,46)/b7-5-,13-11-,18-17-,22-20-,25-23+,28-26-,33-31+. The lowest BCUT2D eigenvalue weighted by molar-refractivity contribution is -0.122. The molecule has 0 radical (unpaired) electrons. The Morgan fingerprint density at radius 2 is 1.20 bits per heavy atom. The van der Waals surface area contributed by atoms with Gasteiger partial charge < -0.3 is 21.1 Å². The average molecular weight is 705 g/mol. The van der Waals surface area contributed by atoms with Crippen molar-refractivity contribution in [2.24, 2.45) is 5.73 Å². The normalized spacial score (nSPS) is 15.3. The van der Waals surface area contributed by atoms with Gasteiger partial charge >= 0.3 is 7.82 Å². The maximum absolute atomic E-state index is 12.7. The lowest BCUT2D eigenvalue weighted by Crippen LogP contribution is -2.45. The van der Waals surface area contributed by atoms with Crippen LogP contribution in [-0.2, 0) is 18.4 Å². The van der Waals surface area contributed by atoms with Crippen LogP contribution in [0.2, 0.25) is 0 Å². The van der Waals surface area contributed by atoms with Gasteiger partial charge in [0.25, 0.3) is 0 Å². The van der Waals surface area contributed by atoms with Gasteiger partial charge in [-0.1, -0.05) is 137 Å². The molecule has 0 spiro atoms. The number of nitrogens with two attached hydrogens (primary N) is 1. The molecule has 0 aromatic heterocycles. The van der Waals surface area contributed by atoms with Crippen molar-refractivity contribution in [3.8, 4) is 0 Å². The van der Waals surface area contributed by atoms with Gasteiger partial charge in [-0.05, 0) is 70.6 Å². The summed E-state index contributed by atoms with van der Waals surface area (Å²) in [5.74, 6) is -0.266. The highest BCUT2D eigenvalue weighted by Gasteiger charge is 2.26. The molecule has 0 aliphatic heterocycles. The van der Waals surface area contributed by atoms with E-state index in [9.17, 15) is 19.4 Å². The van der Waals surface area contributed by atoms with Crippen molar-refractivity contribution in [1.29, 1.82) is 0 Å². The molecule has 8 nitrogen and oxygen atoms in total. The number of rotatable bonds is 33. The number of hydrogen-bond donors (Lipinski definition) is 4. The minimum Gasteiger partial charge on any atom is -0.387 e. The molecule has 49 heavy (non-hydrogen) atoms. The molecule has 0 bridgehead atoms. The van der Waals surface area contributed by atoms with Crippen LogP contribution in [0, 0.1) is 0 Å². The Kier molecular flexibility index (Phi) is 33.8. The van der Waals surface area contributed by atoms with Gasteiger partial charge in [-0.2, -0.15) is 0 Å². The van der Waals surface area contributed by atoms with Gasteiger partial charge in [0.1, 0.15) is 0 Å². The van der Waals surface area contributed by atoms with E-state index in [-0.39, 0.29) is 32.1 Å². The smallest absolute Gasteiger partial charge is 0.387 e. The zero-order chi connectivity index (χ0) is 36.1. The molecule has 1 amide bonds. The predicted octanol–water partition coefficient (Wildman–Crippen LogP) is 9.88. The molecular formula is C40H69N2O6P. The molecule has 280 valence electrons. The van der Waals surface area contributed by atoms with Crippen LogP contribution in [-0.4, -0.2) is 47.8 Å². The third-order valence-corrected chi connectivity index (χ3v) is 8.44. The molecule has 0 aliphatic rings. The van der Waals surface area contributed by atoms with E-state index < -0.39 is 20.0 Å². The van der Waals surface area contributed by atoms with E-state index in [0.29, 0.717) is 6.42 Å². The zero-order valence-corrected chi connectivity index (χ0v) is 31.5. The number of carbonyl (C=O) groups excluding carboxylic acids is 1. The third-order valence-electron chi connectivity index (χ3n) is 7.45. The maximum Gasteiger partial charge on any atom is 0.472 e. The first-order valence-electron chi connectivity index (χ1n) is 18.7. The Bertz CT molecular complexity index is 1030. The summed E-state index contributed by atoms with van der Waals surface area (Å²) in [5.41, 5.74) is 5.34. The molecule has 0 aliphatic carbocycles. The molecule has 5 N–H and O–H groups in total. The number of allylic oxidation sites excluding steroid dienone is 13. The molecule has 3 atom stereocenters. The van der Waals surface area contributed by atoms with Gasteiger partial charge in [0.15, 0.2) is 0 Å². The van der Waals surface area contributed by atoms with Crippen molar-refractivity contribution in [3.63, 3.8) is 0 Å². The minimum absolute atomic E-state index is 0.0603. The second-order valence-corrected chi connectivity index (χ2v) is 13.5. The molecule has 0 saturated carbocycles. The van der Waals surface area contributed by atoms with E-state index in [1.165, 1.54) is 44.9 Å². The van der Waals surface area contributed by atoms with Crippen LogP contribution < -0.4 is 11.1 Å². The first-order chi connectivity index (χ1) is 23.9. The Labute approximate surface area is 299 Å². The molecule has 0 heterocycles. The van der Waals surface area contributed by atoms with Gasteiger partial charge in [0.05, 0.1) is 25.4 Å². The van der Waals surface area contributed by atoms with Gasteiger partial charge in [0, 0.05) is 13.0 Å². The second kappa shape index (κ2) is 35.5. The number of amides is 1. The summed E-state index contributed by atoms with van der Waals surface area (Å²) in [5, 5.41) is 13.5. The van der Waals surface area contributed by atoms with Gasteiger partial charge in [-0.3, -0.25) is 13.8 Å². The van der Waals surface area contributed by atoms with Crippen molar-refractivity contribution in [1.82, 2.24) is 5.32 Å². The number of unbranched alkanes of at least 4 members (excludes halogenated alkanes) is 9. The maximum atomic E-state index is 12.7. The molecular weight excluding hydrogens is 635 g/mol. The summed E-state index contributed by atoms with van der Waals surface area (Å²) in [6.45, 7) is 3.90. The predicted molar refractivity (Wildman–Crippen MR) is 207 cm³/mol. The minimum atomic E-state index is -4.36. The van der Waals surface area contributed by atoms with Crippen molar-refractivity contribution in [2.45, 2.75) is 142 Å². The van der Waals surface area contributed by atoms with Gasteiger partial charge in [-0.15, -0.1) is 0 Å². The van der Waals surface area contributed by atoms with Crippen LogP contribution in [0.4, 0.5) is 0 Å². The first-order valence-corrected chi connectivity index (χ1v) is 20.2. The van der Waals surface area contributed by atoms with E-state index in [0.717, 1.165) is 57.8 Å². The average Bonchev–Trinajstić information content (AvgIpc) is 3.09. The van der Waals surface area contributed by atoms with Crippen LogP contribution in [0.5, 0.6) is 0 Å². The molecule has 0 rings (SSSR count). The van der Waals surface area contributed by atoms with E-state index in [1.807, 2.05) is 6.08 Å². The highest BCUT2D eigenvalue weighted by atomic mass is 31.2.